The van der Waals surface area contributed by atoms with E-state index in [0.717, 1.165) is 34.1 Å². The van der Waals surface area contributed by atoms with E-state index in [2.05, 4.69) is 171 Å². The second-order valence-corrected chi connectivity index (χ2v) is 11.2. The molecule has 0 amide bonds. The number of rotatable bonds is 10. The molecule has 40 heavy (non-hydrogen) atoms. The van der Waals surface area contributed by atoms with Crippen LogP contribution in [0.15, 0.2) is 133 Å². The first-order chi connectivity index (χ1) is 19.5. The van der Waals surface area contributed by atoms with Crippen LogP contribution in [0, 0.1) is 6.92 Å². The summed E-state index contributed by atoms with van der Waals surface area (Å²) >= 11 is 0. The van der Waals surface area contributed by atoms with Crippen LogP contribution in [0.1, 0.15) is 51.2 Å². The summed E-state index contributed by atoms with van der Waals surface area (Å²) in [7, 11) is 0. The number of unbranched alkanes of at least 4 members (excludes halogenated alkanes) is 1. The van der Waals surface area contributed by atoms with Crippen LogP contribution in [0.4, 0.5) is 34.1 Å². The molecule has 2 nitrogen and oxygen atoms in total. The van der Waals surface area contributed by atoms with Crippen LogP contribution in [-0.2, 0) is 5.41 Å². The average molecular weight is 525 g/mol. The summed E-state index contributed by atoms with van der Waals surface area (Å²) in [4.78, 5) is 4.65. The molecule has 0 atom stereocenters. The first kappa shape index (κ1) is 27.3. The maximum atomic E-state index is 2.36. The normalized spacial score (nSPS) is 11.3. The van der Waals surface area contributed by atoms with Gasteiger partial charge in [0.2, 0.25) is 0 Å². The molecule has 0 aliphatic heterocycles. The van der Waals surface area contributed by atoms with Crippen molar-refractivity contribution in [3.63, 3.8) is 0 Å². The van der Waals surface area contributed by atoms with Crippen molar-refractivity contribution in [3.05, 3.63) is 145 Å². The standard InChI is InChI=1S/C38H40N2/c1-5-6-29-38(3,4)31-19-23-35(24-20-31)40(34-21-17-30(2)18-22-34)37-27-25-36(26-28-37)39(32-13-9-7-10-14-32)33-15-11-8-12-16-33/h7-28H,5-6,29H2,1-4H3. The van der Waals surface area contributed by atoms with Crippen LogP contribution in [0.3, 0.4) is 0 Å². The number of benzene rings is 5. The maximum absolute atomic E-state index is 2.36. The van der Waals surface area contributed by atoms with E-state index in [4.69, 9.17) is 0 Å². The van der Waals surface area contributed by atoms with Crippen LogP contribution in [0.25, 0.3) is 0 Å². The Labute approximate surface area is 240 Å². The minimum Gasteiger partial charge on any atom is -0.311 e. The largest absolute Gasteiger partial charge is 0.311 e. The maximum Gasteiger partial charge on any atom is 0.0463 e. The van der Waals surface area contributed by atoms with Crippen LogP contribution in [-0.4, -0.2) is 0 Å². The molecular formula is C38H40N2. The SMILES string of the molecule is CCCCC(C)(C)c1ccc(N(c2ccc(C)cc2)c2ccc(N(c3ccccc3)c3ccccc3)cc2)cc1. The third kappa shape index (κ3) is 6.13. The topological polar surface area (TPSA) is 6.48 Å². The second kappa shape index (κ2) is 12.3. The van der Waals surface area contributed by atoms with Gasteiger partial charge in [0, 0.05) is 34.1 Å². The smallest absolute Gasteiger partial charge is 0.0463 e. The van der Waals surface area contributed by atoms with Crippen molar-refractivity contribution < 1.29 is 0 Å². The molecular weight excluding hydrogens is 484 g/mol. The highest BCUT2D eigenvalue weighted by atomic mass is 15.2. The molecule has 2 heteroatoms. The molecule has 0 N–H and O–H groups in total. The van der Waals surface area contributed by atoms with Crippen LogP contribution in [0.5, 0.6) is 0 Å². The fourth-order valence-corrected chi connectivity index (χ4v) is 5.32. The van der Waals surface area contributed by atoms with E-state index in [1.165, 1.54) is 30.4 Å². The molecule has 0 heterocycles. The first-order valence-corrected chi connectivity index (χ1v) is 14.4. The summed E-state index contributed by atoms with van der Waals surface area (Å²) in [6, 6.07) is 48.0. The van der Waals surface area contributed by atoms with Gasteiger partial charge in [0.25, 0.3) is 0 Å². The minimum absolute atomic E-state index is 0.170. The molecule has 5 aromatic carbocycles. The van der Waals surface area contributed by atoms with E-state index in [1.807, 2.05) is 0 Å². The Morgan fingerprint density at radius 3 is 1.23 bits per heavy atom. The van der Waals surface area contributed by atoms with Gasteiger partial charge in [-0.3, -0.25) is 0 Å². The number of para-hydroxylation sites is 2. The van der Waals surface area contributed by atoms with Gasteiger partial charge in [-0.1, -0.05) is 99.8 Å². The second-order valence-electron chi connectivity index (χ2n) is 11.2. The first-order valence-electron chi connectivity index (χ1n) is 14.4. The highest BCUT2D eigenvalue weighted by Crippen LogP contribution is 2.39. The van der Waals surface area contributed by atoms with E-state index in [1.54, 1.807) is 0 Å². The number of nitrogens with zero attached hydrogens (tertiary/aromatic N) is 2. The molecule has 0 unspecified atom stereocenters. The number of anilines is 6. The van der Waals surface area contributed by atoms with Gasteiger partial charge in [-0.15, -0.1) is 0 Å². The summed E-state index contributed by atoms with van der Waals surface area (Å²) in [6.45, 7) is 9.12. The van der Waals surface area contributed by atoms with Gasteiger partial charge in [-0.25, -0.2) is 0 Å². The van der Waals surface area contributed by atoms with E-state index in [9.17, 15) is 0 Å². The third-order valence-electron chi connectivity index (χ3n) is 7.75. The Morgan fingerprint density at radius 1 is 0.475 bits per heavy atom. The van der Waals surface area contributed by atoms with Crippen molar-refractivity contribution in [2.75, 3.05) is 9.80 Å². The van der Waals surface area contributed by atoms with Crippen LogP contribution < -0.4 is 9.80 Å². The van der Waals surface area contributed by atoms with E-state index >= 15 is 0 Å². The van der Waals surface area contributed by atoms with Gasteiger partial charge >= 0.3 is 0 Å². The molecule has 0 saturated heterocycles. The molecule has 0 saturated carbocycles. The summed E-state index contributed by atoms with van der Waals surface area (Å²) in [5, 5.41) is 0. The monoisotopic (exact) mass is 524 g/mol. The lowest BCUT2D eigenvalue weighted by Gasteiger charge is -2.29. The predicted octanol–water partition coefficient (Wildman–Crippen LogP) is 11.4. The van der Waals surface area contributed by atoms with Gasteiger partial charge in [0.1, 0.15) is 0 Å². The summed E-state index contributed by atoms with van der Waals surface area (Å²) in [6.07, 6.45) is 3.68. The Kier molecular flexibility index (Phi) is 8.36. The quantitative estimate of drug-likeness (QED) is 0.179. The average Bonchev–Trinajstić information content (AvgIpc) is 2.99. The van der Waals surface area contributed by atoms with Gasteiger partial charge in [0.05, 0.1) is 0 Å². The van der Waals surface area contributed by atoms with Crippen LogP contribution >= 0.6 is 0 Å². The fraction of sp³-hybridized carbons (Fsp3) is 0.211. The molecule has 5 aromatic rings. The number of hydrogen-bond donors (Lipinski definition) is 0. The molecule has 0 bridgehead atoms. The highest BCUT2D eigenvalue weighted by molar-refractivity contribution is 5.81. The molecule has 0 radical (unpaired) electrons. The van der Waals surface area contributed by atoms with E-state index in [-0.39, 0.29) is 5.41 Å². The summed E-state index contributed by atoms with van der Waals surface area (Å²) in [5.74, 6) is 0. The van der Waals surface area contributed by atoms with Gasteiger partial charge < -0.3 is 9.80 Å². The van der Waals surface area contributed by atoms with Crippen LogP contribution in [0.2, 0.25) is 0 Å². The molecule has 0 fully saturated rings. The molecule has 202 valence electrons. The highest BCUT2D eigenvalue weighted by Gasteiger charge is 2.21. The van der Waals surface area contributed by atoms with Crippen molar-refractivity contribution >= 4 is 34.1 Å². The lowest BCUT2D eigenvalue weighted by molar-refractivity contribution is 0.458. The summed E-state index contributed by atoms with van der Waals surface area (Å²) in [5.41, 5.74) is 9.66. The lowest BCUT2D eigenvalue weighted by Crippen LogP contribution is -2.17. The number of aryl methyl sites for hydroxylation is 1. The third-order valence-corrected chi connectivity index (χ3v) is 7.75. The number of hydrogen-bond acceptors (Lipinski definition) is 2. The fourth-order valence-electron chi connectivity index (χ4n) is 5.32. The Morgan fingerprint density at radius 2 is 0.825 bits per heavy atom. The molecule has 0 spiro atoms. The Bertz CT molecular complexity index is 1430. The molecule has 0 aliphatic carbocycles. The minimum atomic E-state index is 0.170. The van der Waals surface area contributed by atoms with Crippen molar-refractivity contribution in [1.82, 2.24) is 0 Å². The summed E-state index contributed by atoms with van der Waals surface area (Å²) < 4.78 is 0. The molecule has 0 aliphatic rings. The zero-order valence-corrected chi connectivity index (χ0v) is 24.2. The molecule has 0 aromatic heterocycles. The Balaban J connectivity index is 1.52. The zero-order valence-electron chi connectivity index (χ0n) is 24.2. The van der Waals surface area contributed by atoms with Crippen molar-refractivity contribution in [3.8, 4) is 0 Å². The van der Waals surface area contributed by atoms with Crippen molar-refractivity contribution in [1.29, 1.82) is 0 Å². The lowest BCUT2D eigenvalue weighted by atomic mass is 9.80. The van der Waals surface area contributed by atoms with Crippen molar-refractivity contribution in [2.45, 2.75) is 52.4 Å². The Hall–Kier alpha value is -4.30. The van der Waals surface area contributed by atoms with E-state index in [0.29, 0.717) is 0 Å². The van der Waals surface area contributed by atoms with E-state index < -0.39 is 0 Å². The molecule has 5 rings (SSSR count). The zero-order chi connectivity index (χ0) is 28.0. The van der Waals surface area contributed by atoms with Crippen molar-refractivity contribution in [2.24, 2.45) is 0 Å². The predicted molar refractivity (Wildman–Crippen MR) is 173 cm³/mol. The van der Waals surface area contributed by atoms with Gasteiger partial charge in [-0.05, 0) is 97.1 Å². The van der Waals surface area contributed by atoms with Gasteiger partial charge in [0.15, 0.2) is 0 Å². The van der Waals surface area contributed by atoms with Gasteiger partial charge in [-0.2, -0.15) is 0 Å².